The van der Waals surface area contributed by atoms with Crippen LogP contribution in [0, 0.1) is 0 Å². The molecule has 0 amide bonds. The number of hydrogen-bond donors (Lipinski definition) is 1. The van der Waals surface area contributed by atoms with Crippen LogP contribution in [0.2, 0.25) is 0 Å². The van der Waals surface area contributed by atoms with E-state index in [4.69, 9.17) is 4.74 Å². The van der Waals surface area contributed by atoms with Crippen LogP contribution < -0.4 is 5.32 Å². The first kappa shape index (κ1) is 14.5. The molecular weight excluding hydrogens is 240 g/mol. The molecule has 0 radical (unpaired) electrons. The van der Waals surface area contributed by atoms with Crippen molar-refractivity contribution in [2.24, 2.45) is 0 Å². The summed E-state index contributed by atoms with van der Waals surface area (Å²) in [7, 11) is 2.01. The number of aromatic nitrogens is 3. The zero-order valence-corrected chi connectivity index (χ0v) is 12.4. The van der Waals surface area contributed by atoms with Crippen molar-refractivity contribution in [3.05, 3.63) is 12.2 Å². The van der Waals surface area contributed by atoms with Gasteiger partial charge >= 0.3 is 0 Å². The lowest BCUT2D eigenvalue weighted by Gasteiger charge is -2.40. The van der Waals surface area contributed by atoms with Gasteiger partial charge in [0, 0.05) is 25.6 Å². The van der Waals surface area contributed by atoms with Crippen molar-refractivity contribution in [2.45, 2.75) is 64.1 Å². The fourth-order valence-electron chi connectivity index (χ4n) is 2.88. The van der Waals surface area contributed by atoms with Crippen LogP contribution in [0.5, 0.6) is 0 Å². The lowest BCUT2D eigenvalue weighted by molar-refractivity contribution is -0.0875. The molecule has 1 saturated heterocycles. The van der Waals surface area contributed by atoms with Gasteiger partial charge in [-0.15, -0.1) is 0 Å². The fourth-order valence-corrected chi connectivity index (χ4v) is 2.88. The standard InChI is InChI=1S/C14H26N4O/c1-4-8-18-13(16-11-17-18)10-12(15-3)14(2)7-5-6-9-19-14/h11-12,15H,4-10H2,1-3H3. The molecule has 5 heteroatoms. The molecule has 2 unspecified atom stereocenters. The van der Waals surface area contributed by atoms with E-state index >= 15 is 0 Å². The number of likely N-dealkylation sites (N-methyl/N-ethyl adjacent to an activating group) is 1. The van der Waals surface area contributed by atoms with E-state index in [1.165, 1.54) is 12.8 Å². The van der Waals surface area contributed by atoms with Crippen LogP contribution in [-0.2, 0) is 17.7 Å². The zero-order valence-electron chi connectivity index (χ0n) is 12.4. The summed E-state index contributed by atoms with van der Waals surface area (Å²) in [6.45, 7) is 6.18. The first-order valence-electron chi connectivity index (χ1n) is 7.37. The molecule has 1 aliphatic heterocycles. The molecule has 2 heterocycles. The van der Waals surface area contributed by atoms with E-state index in [1.54, 1.807) is 6.33 Å². The van der Waals surface area contributed by atoms with Crippen LogP contribution in [0.1, 0.15) is 45.4 Å². The zero-order chi connectivity index (χ0) is 13.7. The van der Waals surface area contributed by atoms with E-state index in [9.17, 15) is 0 Å². The summed E-state index contributed by atoms with van der Waals surface area (Å²) >= 11 is 0. The predicted molar refractivity (Wildman–Crippen MR) is 75.1 cm³/mol. The molecule has 1 aromatic heterocycles. The Morgan fingerprint density at radius 1 is 1.53 bits per heavy atom. The Hall–Kier alpha value is -0.940. The highest BCUT2D eigenvalue weighted by Gasteiger charge is 2.36. The minimum absolute atomic E-state index is 0.0873. The quantitative estimate of drug-likeness (QED) is 0.852. The minimum atomic E-state index is -0.0873. The fraction of sp³-hybridized carbons (Fsp3) is 0.857. The molecule has 0 saturated carbocycles. The van der Waals surface area contributed by atoms with Crippen molar-refractivity contribution in [3.8, 4) is 0 Å². The number of rotatable bonds is 6. The summed E-state index contributed by atoms with van der Waals surface area (Å²) in [5.74, 6) is 1.05. The van der Waals surface area contributed by atoms with Gasteiger partial charge in [-0.25, -0.2) is 4.98 Å². The number of ether oxygens (including phenoxy) is 1. The molecule has 2 atom stereocenters. The van der Waals surface area contributed by atoms with Gasteiger partial charge in [0.25, 0.3) is 0 Å². The van der Waals surface area contributed by atoms with Crippen molar-refractivity contribution in [1.82, 2.24) is 20.1 Å². The van der Waals surface area contributed by atoms with Crippen molar-refractivity contribution in [1.29, 1.82) is 0 Å². The van der Waals surface area contributed by atoms with Gasteiger partial charge in [-0.05, 0) is 39.7 Å². The molecule has 1 N–H and O–H groups in total. The molecule has 108 valence electrons. The highest BCUT2D eigenvalue weighted by molar-refractivity contribution is 4.98. The van der Waals surface area contributed by atoms with Crippen LogP contribution >= 0.6 is 0 Å². The summed E-state index contributed by atoms with van der Waals surface area (Å²) in [4.78, 5) is 4.40. The highest BCUT2D eigenvalue weighted by Crippen LogP contribution is 2.29. The number of hydrogen-bond acceptors (Lipinski definition) is 4. The second-order valence-corrected chi connectivity index (χ2v) is 5.56. The van der Waals surface area contributed by atoms with E-state index in [-0.39, 0.29) is 11.6 Å². The van der Waals surface area contributed by atoms with Crippen molar-refractivity contribution in [3.63, 3.8) is 0 Å². The first-order valence-corrected chi connectivity index (χ1v) is 7.37. The summed E-state index contributed by atoms with van der Waals surface area (Å²) in [6, 6.07) is 0.285. The normalized spacial score (nSPS) is 25.4. The smallest absolute Gasteiger partial charge is 0.138 e. The number of nitrogens with one attached hydrogen (secondary N) is 1. The Labute approximate surface area is 115 Å². The number of aryl methyl sites for hydroxylation is 1. The average Bonchev–Trinajstić information content (AvgIpc) is 2.84. The maximum atomic E-state index is 6.05. The van der Waals surface area contributed by atoms with E-state index in [2.05, 4.69) is 29.2 Å². The minimum Gasteiger partial charge on any atom is -0.374 e. The molecule has 0 spiro atoms. The third-order valence-electron chi connectivity index (χ3n) is 4.10. The Morgan fingerprint density at radius 2 is 2.37 bits per heavy atom. The maximum absolute atomic E-state index is 6.05. The molecule has 0 bridgehead atoms. The van der Waals surface area contributed by atoms with Crippen LogP contribution in [0.25, 0.3) is 0 Å². The van der Waals surface area contributed by atoms with Crippen molar-refractivity contribution in [2.75, 3.05) is 13.7 Å². The van der Waals surface area contributed by atoms with E-state index in [0.29, 0.717) is 0 Å². The average molecular weight is 266 g/mol. The predicted octanol–water partition coefficient (Wildman–Crippen LogP) is 1.78. The van der Waals surface area contributed by atoms with Gasteiger partial charge in [-0.3, -0.25) is 4.68 Å². The van der Waals surface area contributed by atoms with Gasteiger partial charge in [0.2, 0.25) is 0 Å². The molecule has 0 aromatic carbocycles. The second-order valence-electron chi connectivity index (χ2n) is 5.56. The SMILES string of the molecule is CCCn1ncnc1CC(NC)C1(C)CCCCO1. The highest BCUT2D eigenvalue weighted by atomic mass is 16.5. The van der Waals surface area contributed by atoms with Gasteiger partial charge in [0.05, 0.1) is 5.60 Å². The Kier molecular flexibility index (Phi) is 4.93. The largest absolute Gasteiger partial charge is 0.374 e. The monoisotopic (exact) mass is 266 g/mol. The molecule has 0 aliphatic carbocycles. The Balaban J connectivity index is 2.07. The lowest BCUT2D eigenvalue weighted by Crippen LogP contribution is -2.52. The Bertz CT molecular complexity index is 385. The molecule has 2 rings (SSSR count). The summed E-state index contributed by atoms with van der Waals surface area (Å²) < 4.78 is 8.06. The molecule has 1 aromatic rings. The molecular formula is C14H26N4O. The molecule has 5 nitrogen and oxygen atoms in total. The number of nitrogens with zero attached hydrogens (tertiary/aromatic N) is 3. The molecule has 19 heavy (non-hydrogen) atoms. The second kappa shape index (κ2) is 6.48. The van der Waals surface area contributed by atoms with Crippen LogP contribution in [0.3, 0.4) is 0 Å². The van der Waals surface area contributed by atoms with Gasteiger partial charge < -0.3 is 10.1 Å². The third kappa shape index (κ3) is 3.34. The van der Waals surface area contributed by atoms with E-state index < -0.39 is 0 Å². The summed E-state index contributed by atoms with van der Waals surface area (Å²) in [5.41, 5.74) is -0.0873. The van der Waals surface area contributed by atoms with E-state index in [1.807, 2.05) is 11.7 Å². The molecule has 1 aliphatic rings. The van der Waals surface area contributed by atoms with Crippen LogP contribution in [0.15, 0.2) is 6.33 Å². The topological polar surface area (TPSA) is 52.0 Å². The van der Waals surface area contributed by atoms with E-state index in [0.717, 1.165) is 38.2 Å². The van der Waals surface area contributed by atoms with Crippen molar-refractivity contribution < 1.29 is 4.74 Å². The van der Waals surface area contributed by atoms with Gasteiger partial charge in [-0.2, -0.15) is 5.10 Å². The maximum Gasteiger partial charge on any atom is 0.138 e. The van der Waals surface area contributed by atoms with Crippen molar-refractivity contribution >= 4 is 0 Å². The summed E-state index contributed by atoms with van der Waals surface area (Å²) in [6.07, 6.45) is 7.14. The van der Waals surface area contributed by atoms with Gasteiger partial charge in [-0.1, -0.05) is 6.92 Å². The van der Waals surface area contributed by atoms with Crippen LogP contribution in [0.4, 0.5) is 0 Å². The van der Waals surface area contributed by atoms with Gasteiger partial charge in [0.1, 0.15) is 12.2 Å². The first-order chi connectivity index (χ1) is 9.19. The molecule has 1 fully saturated rings. The van der Waals surface area contributed by atoms with Crippen LogP contribution in [-0.4, -0.2) is 40.1 Å². The third-order valence-corrected chi connectivity index (χ3v) is 4.10. The van der Waals surface area contributed by atoms with Gasteiger partial charge in [0.15, 0.2) is 0 Å². The lowest BCUT2D eigenvalue weighted by atomic mass is 9.86. The summed E-state index contributed by atoms with van der Waals surface area (Å²) in [5, 5.41) is 7.71. The Morgan fingerprint density at radius 3 is 3.00 bits per heavy atom.